The molecule has 0 saturated heterocycles. The molecule has 134 valence electrons. The van der Waals surface area contributed by atoms with E-state index in [1.165, 1.54) is 12.4 Å². The number of aryl methyl sites for hydroxylation is 1. The van der Waals surface area contributed by atoms with Gasteiger partial charge in [0.25, 0.3) is 5.91 Å². The minimum atomic E-state index is -0.330. The molecule has 0 spiro atoms. The monoisotopic (exact) mass is 359 g/mol. The van der Waals surface area contributed by atoms with Gasteiger partial charge in [0.1, 0.15) is 5.75 Å². The van der Waals surface area contributed by atoms with E-state index in [1.807, 2.05) is 19.1 Å². The fourth-order valence-corrected chi connectivity index (χ4v) is 2.38. The van der Waals surface area contributed by atoms with E-state index in [0.717, 1.165) is 11.3 Å². The summed E-state index contributed by atoms with van der Waals surface area (Å²) in [6.07, 6.45) is 2.88. The number of benzene rings is 2. The number of nitrogens with zero attached hydrogens (tertiary/aromatic N) is 3. The Balaban J connectivity index is 1.70. The minimum absolute atomic E-state index is 0.323. The zero-order valence-electron chi connectivity index (χ0n) is 14.9. The standard InChI is InChI=1S/C20H17N5O2/c1-13-3-8-18(27-2)17(9-13)25-19(26)15-11-22-20(23-12-15)24-16-6-4-14(10-21)5-7-16/h3-9,11-12H,1-2H3,(H,25,26)(H,22,23,24). The summed E-state index contributed by atoms with van der Waals surface area (Å²) >= 11 is 0. The van der Waals surface area contributed by atoms with Gasteiger partial charge in [0.05, 0.1) is 30.0 Å². The van der Waals surface area contributed by atoms with E-state index in [1.54, 1.807) is 37.4 Å². The van der Waals surface area contributed by atoms with Gasteiger partial charge in [0, 0.05) is 18.1 Å². The lowest BCUT2D eigenvalue weighted by molar-refractivity contribution is 0.102. The maximum Gasteiger partial charge on any atom is 0.258 e. The van der Waals surface area contributed by atoms with Crippen molar-refractivity contribution in [3.8, 4) is 11.8 Å². The summed E-state index contributed by atoms with van der Waals surface area (Å²) in [7, 11) is 1.55. The second kappa shape index (κ2) is 7.97. The van der Waals surface area contributed by atoms with Gasteiger partial charge in [-0.1, -0.05) is 6.07 Å². The van der Waals surface area contributed by atoms with Crippen LogP contribution in [0.15, 0.2) is 54.9 Å². The molecule has 2 N–H and O–H groups in total. The Morgan fingerprint density at radius 2 is 1.81 bits per heavy atom. The summed E-state index contributed by atoms with van der Waals surface area (Å²) in [5, 5.41) is 14.6. The third-order valence-corrected chi connectivity index (χ3v) is 3.79. The summed E-state index contributed by atoms with van der Waals surface area (Å²) in [6.45, 7) is 1.93. The fraction of sp³-hybridized carbons (Fsp3) is 0.100. The number of methoxy groups -OCH3 is 1. The Morgan fingerprint density at radius 1 is 1.11 bits per heavy atom. The number of rotatable bonds is 5. The van der Waals surface area contributed by atoms with Gasteiger partial charge in [0.15, 0.2) is 0 Å². The quantitative estimate of drug-likeness (QED) is 0.721. The normalized spacial score (nSPS) is 9.96. The molecule has 0 aliphatic carbocycles. The highest BCUT2D eigenvalue weighted by Crippen LogP contribution is 2.25. The van der Waals surface area contributed by atoms with Crippen LogP contribution in [0.2, 0.25) is 0 Å². The van der Waals surface area contributed by atoms with Crippen molar-refractivity contribution in [2.45, 2.75) is 6.92 Å². The van der Waals surface area contributed by atoms with Crippen LogP contribution in [0.25, 0.3) is 0 Å². The molecule has 0 fully saturated rings. The van der Waals surface area contributed by atoms with Gasteiger partial charge in [-0.3, -0.25) is 4.79 Å². The number of hydrogen-bond donors (Lipinski definition) is 2. The smallest absolute Gasteiger partial charge is 0.258 e. The highest BCUT2D eigenvalue weighted by molar-refractivity contribution is 6.04. The molecule has 0 aliphatic heterocycles. The highest BCUT2D eigenvalue weighted by atomic mass is 16.5. The topological polar surface area (TPSA) is 99.9 Å². The number of hydrogen-bond acceptors (Lipinski definition) is 6. The van der Waals surface area contributed by atoms with Crippen LogP contribution in [0.4, 0.5) is 17.3 Å². The van der Waals surface area contributed by atoms with Gasteiger partial charge in [0.2, 0.25) is 5.95 Å². The lowest BCUT2D eigenvalue weighted by Gasteiger charge is -2.11. The zero-order chi connectivity index (χ0) is 19.2. The average Bonchev–Trinajstić information content (AvgIpc) is 2.69. The van der Waals surface area contributed by atoms with Crippen molar-refractivity contribution < 1.29 is 9.53 Å². The van der Waals surface area contributed by atoms with Crippen LogP contribution in [0, 0.1) is 18.3 Å². The maximum atomic E-state index is 12.4. The molecule has 1 aromatic heterocycles. The third kappa shape index (κ3) is 4.38. The van der Waals surface area contributed by atoms with Crippen LogP contribution in [0.3, 0.4) is 0 Å². The molecule has 0 aliphatic rings. The molecule has 3 aromatic rings. The maximum absolute atomic E-state index is 12.4. The van der Waals surface area contributed by atoms with E-state index in [-0.39, 0.29) is 5.91 Å². The first kappa shape index (κ1) is 17.9. The van der Waals surface area contributed by atoms with Crippen molar-refractivity contribution in [1.82, 2.24) is 9.97 Å². The average molecular weight is 359 g/mol. The number of amides is 1. The summed E-state index contributed by atoms with van der Waals surface area (Å²) in [6, 6.07) is 14.5. The molecule has 2 aromatic carbocycles. The molecule has 0 atom stereocenters. The zero-order valence-corrected chi connectivity index (χ0v) is 14.9. The van der Waals surface area contributed by atoms with Gasteiger partial charge in [-0.15, -0.1) is 0 Å². The van der Waals surface area contributed by atoms with Crippen LogP contribution in [-0.2, 0) is 0 Å². The predicted molar refractivity (Wildman–Crippen MR) is 102 cm³/mol. The SMILES string of the molecule is COc1ccc(C)cc1NC(=O)c1cnc(Nc2ccc(C#N)cc2)nc1. The molecule has 0 unspecified atom stereocenters. The third-order valence-electron chi connectivity index (χ3n) is 3.79. The number of aromatic nitrogens is 2. The Kier molecular flexibility index (Phi) is 5.28. The molecule has 7 nitrogen and oxygen atoms in total. The molecule has 3 rings (SSSR count). The van der Waals surface area contributed by atoms with Crippen molar-refractivity contribution in [2.75, 3.05) is 17.7 Å². The molecule has 7 heteroatoms. The summed E-state index contributed by atoms with van der Waals surface area (Å²) in [5.41, 5.74) is 3.23. The second-order valence-electron chi connectivity index (χ2n) is 5.77. The highest BCUT2D eigenvalue weighted by Gasteiger charge is 2.11. The fourth-order valence-electron chi connectivity index (χ4n) is 2.38. The van der Waals surface area contributed by atoms with E-state index in [4.69, 9.17) is 10.00 Å². The number of ether oxygens (including phenoxy) is 1. The van der Waals surface area contributed by atoms with E-state index in [9.17, 15) is 4.79 Å². The molecule has 0 radical (unpaired) electrons. The first-order valence-electron chi connectivity index (χ1n) is 8.14. The molecule has 1 heterocycles. The van der Waals surface area contributed by atoms with Gasteiger partial charge in [-0.2, -0.15) is 5.26 Å². The van der Waals surface area contributed by atoms with Crippen LogP contribution >= 0.6 is 0 Å². The number of nitrogens with one attached hydrogen (secondary N) is 2. The lowest BCUT2D eigenvalue weighted by atomic mass is 10.2. The van der Waals surface area contributed by atoms with Crippen LogP contribution in [-0.4, -0.2) is 23.0 Å². The number of nitriles is 1. The first-order valence-corrected chi connectivity index (χ1v) is 8.14. The Hall–Kier alpha value is -3.92. The molecular formula is C20H17N5O2. The van der Waals surface area contributed by atoms with E-state index < -0.39 is 0 Å². The summed E-state index contributed by atoms with van der Waals surface area (Å²) < 4.78 is 5.26. The van der Waals surface area contributed by atoms with Crippen molar-refractivity contribution in [3.63, 3.8) is 0 Å². The molecule has 27 heavy (non-hydrogen) atoms. The number of carbonyl (C=O) groups excluding carboxylic acids is 1. The Bertz CT molecular complexity index is 992. The molecule has 0 saturated carbocycles. The molecule has 1 amide bonds. The number of carbonyl (C=O) groups is 1. The van der Waals surface area contributed by atoms with E-state index in [0.29, 0.717) is 28.5 Å². The predicted octanol–water partition coefficient (Wildman–Crippen LogP) is 3.66. The van der Waals surface area contributed by atoms with E-state index >= 15 is 0 Å². The van der Waals surface area contributed by atoms with Crippen molar-refractivity contribution in [1.29, 1.82) is 5.26 Å². The Morgan fingerprint density at radius 3 is 2.44 bits per heavy atom. The van der Waals surface area contributed by atoms with Crippen LogP contribution in [0.5, 0.6) is 5.75 Å². The summed E-state index contributed by atoms with van der Waals surface area (Å²) in [5.74, 6) is 0.599. The summed E-state index contributed by atoms with van der Waals surface area (Å²) in [4.78, 5) is 20.8. The molecule has 0 bridgehead atoms. The minimum Gasteiger partial charge on any atom is -0.495 e. The van der Waals surface area contributed by atoms with Gasteiger partial charge < -0.3 is 15.4 Å². The van der Waals surface area contributed by atoms with E-state index in [2.05, 4.69) is 26.7 Å². The Labute approximate surface area is 156 Å². The van der Waals surface area contributed by atoms with Crippen LogP contribution < -0.4 is 15.4 Å². The largest absolute Gasteiger partial charge is 0.495 e. The van der Waals surface area contributed by atoms with Crippen molar-refractivity contribution in [2.24, 2.45) is 0 Å². The first-order chi connectivity index (χ1) is 13.1. The van der Waals surface area contributed by atoms with Gasteiger partial charge in [-0.25, -0.2) is 9.97 Å². The van der Waals surface area contributed by atoms with Gasteiger partial charge >= 0.3 is 0 Å². The number of anilines is 3. The molecular weight excluding hydrogens is 342 g/mol. The second-order valence-corrected chi connectivity index (χ2v) is 5.77. The van der Waals surface area contributed by atoms with Crippen molar-refractivity contribution >= 4 is 23.2 Å². The van der Waals surface area contributed by atoms with Gasteiger partial charge in [-0.05, 0) is 48.9 Å². The van der Waals surface area contributed by atoms with Crippen molar-refractivity contribution in [3.05, 3.63) is 71.5 Å². The van der Waals surface area contributed by atoms with Crippen LogP contribution in [0.1, 0.15) is 21.5 Å². The lowest BCUT2D eigenvalue weighted by Crippen LogP contribution is -2.14.